The lowest BCUT2D eigenvalue weighted by Crippen LogP contribution is -2.32. The zero-order valence-electron chi connectivity index (χ0n) is 10.7. The van der Waals surface area contributed by atoms with Crippen molar-refractivity contribution in [3.05, 3.63) is 33.9 Å². The molecule has 0 spiro atoms. The number of nitrogens with zero attached hydrogens (tertiary/aromatic N) is 1. The first-order chi connectivity index (χ1) is 9.01. The topological polar surface area (TPSA) is 81.5 Å². The number of terminal acetylenes is 1. The smallest absolute Gasteiger partial charge is 0.311 e. The highest BCUT2D eigenvalue weighted by Crippen LogP contribution is 2.30. The third kappa shape index (κ3) is 3.45. The Bertz CT molecular complexity index is 534. The summed E-state index contributed by atoms with van der Waals surface area (Å²) < 4.78 is 4.96. The van der Waals surface area contributed by atoms with Crippen molar-refractivity contribution in [3.8, 4) is 18.1 Å². The normalized spacial score (nSPS) is 11.2. The monoisotopic (exact) mass is 262 g/mol. The molecule has 1 aromatic carbocycles. The van der Waals surface area contributed by atoms with Crippen LogP contribution in [0, 0.1) is 22.5 Å². The van der Waals surface area contributed by atoms with Crippen molar-refractivity contribution < 1.29 is 14.5 Å². The van der Waals surface area contributed by atoms with Gasteiger partial charge in [0.2, 0.25) is 5.75 Å². The van der Waals surface area contributed by atoms with Crippen molar-refractivity contribution >= 4 is 11.6 Å². The summed E-state index contributed by atoms with van der Waals surface area (Å²) >= 11 is 0. The van der Waals surface area contributed by atoms with Gasteiger partial charge in [-0.15, -0.1) is 12.3 Å². The van der Waals surface area contributed by atoms with Crippen LogP contribution in [0.1, 0.15) is 23.7 Å². The molecule has 1 unspecified atom stereocenters. The van der Waals surface area contributed by atoms with Crippen molar-refractivity contribution in [2.75, 3.05) is 7.11 Å². The third-order valence-electron chi connectivity index (χ3n) is 2.44. The van der Waals surface area contributed by atoms with E-state index in [0.717, 1.165) is 0 Å². The predicted octanol–water partition coefficient (Wildman–Crippen LogP) is 1.74. The first-order valence-electron chi connectivity index (χ1n) is 5.57. The van der Waals surface area contributed by atoms with E-state index in [1.54, 1.807) is 6.92 Å². The molecule has 0 fully saturated rings. The molecule has 6 heteroatoms. The molecule has 1 atom stereocenters. The van der Waals surface area contributed by atoms with Gasteiger partial charge in [-0.25, -0.2) is 0 Å². The summed E-state index contributed by atoms with van der Waals surface area (Å²) in [4.78, 5) is 22.3. The van der Waals surface area contributed by atoms with Gasteiger partial charge in [0.1, 0.15) is 0 Å². The fraction of sp³-hybridized carbons (Fsp3) is 0.308. The quantitative estimate of drug-likeness (QED) is 0.498. The van der Waals surface area contributed by atoms with E-state index < -0.39 is 10.8 Å². The number of amides is 1. The number of methoxy groups -OCH3 is 1. The Morgan fingerprint density at radius 2 is 2.32 bits per heavy atom. The summed E-state index contributed by atoms with van der Waals surface area (Å²) in [7, 11) is 1.28. The molecule has 1 amide bonds. The van der Waals surface area contributed by atoms with Gasteiger partial charge in [0.05, 0.1) is 17.6 Å². The van der Waals surface area contributed by atoms with Gasteiger partial charge >= 0.3 is 5.69 Å². The molecule has 1 rings (SSSR count). The minimum atomic E-state index is -0.597. The highest BCUT2D eigenvalue weighted by atomic mass is 16.6. The zero-order valence-corrected chi connectivity index (χ0v) is 10.7. The van der Waals surface area contributed by atoms with Crippen LogP contribution in [0.25, 0.3) is 0 Å². The number of benzene rings is 1. The van der Waals surface area contributed by atoms with Crippen molar-refractivity contribution in [3.63, 3.8) is 0 Å². The molecule has 19 heavy (non-hydrogen) atoms. The second-order valence-electron chi connectivity index (χ2n) is 3.90. The van der Waals surface area contributed by atoms with Gasteiger partial charge < -0.3 is 10.1 Å². The summed E-state index contributed by atoms with van der Waals surface area (Å²) in [6, 6.07) is 3.95. The Balaban J connectivity index is 3.07. The lowest BCUT2D eigenvalue weighted by Gasteiger charge is -2.13. The predicted molar refractivity (Wildman–Crippen MR) is 70.0 cm³/mol. The molecule has 0 radical (unpaired) electrons. The Hall–Kier alpha value is -2.55. The molecule has 0 bridgehead atoms. The zero-order chi connectivity index (χ0) is 14.4. The summed E-state index contributed by atoms with van der Waals surface area (Å²) in [6.45, 7) is 1.75. The molecule has 0 saturated carbocycles. The van der Waals surface area contributed by atoms with E-state index >= 15 is 0 Å². The highest BCUT2D eigenvalue weighted by Gasteiger charge is 2.22. The van der Waals surface area contributed by atoms with Crippen LogP contribution in [0.3, 0.4) is 0 Å². The van der Waals surface area contributed by atoms with Crippen LogP contribution in [0.15, 0.2) is 18.2 Å². The fourth-order valence-electron chi connectivity index (χ4n) is 1.59. The number of carbonyl (C=O) groups excluding carboxylic acids is 1. The maximum Gasteiger partial charge on any atom is 0.311 e. The van der Waals surface area contributed by atoms with E-state index in [9.17, 15) is 14.9 Å². The first kappa shape index (κ1) is 14.5. The Morgan fingerprint density at radius 3 is 2.84 bits per heavy atom. The van der Waals surface area contributed by atoms with Crippen LogP contribution in [-0.2, 0) is 0 Å². The molecule has 1 aromatic rings. The standard InChI is InChI=1S/C13H14N2O4/c1-4-6-9(2)14-13(16)10-7-5-8-11(15(17)18)12(10)19-3/h1,5,7-9H,6H2,2-3H3,(H,14,16). The Kier molecular flexibility index (Phi) is 4.89. The number of hydrogen-bond donors (Lipinski definition) is 1. The van der Waals surface area contributed by atoms with Gasteiger partial charge in [0.15, 0.2) is 0 Å². The third-order valence-corrected chi connectivity index (χ3v) is 2.44. The number of carbonyl (C=O) groups is 1. The fourth-order valence-corrected chi connectivity index (χ4v) is 1.59. The SMILES string of the molecule is C#CCC(C)NC(=O)c1cccc([N+](=O)[O-])c1OC. The summed E-state index contributed by atoms with van der Waals surface area (Å²) in [5, 5.41) is 13.5. The molecule has 6 nitrogen and oxygen atoms in total. The summed E-state index contributed by atoms with van der Waals surface area (Å²) in [6.07, 6.45) is 5.53. The molecule has 0 aliphatic heterocycles. The van der Waals surface area contributed by atoms with Gasteiger partial charge in [-0.1, -0.05) is 6.07 Å². The average molecular weight is 262 g/mol. The second kappa shape index (κ2) is 6.40. The van der Waals surface area contributed by atoms with Crippen molar-refractivity contribution in [2.24, 2.45) is 0 Å². The molecule has 0 saturated heterocycles. The van der Waals surface area contributed by atoms with Gasteiger partial charge in [0.25, 0.3) is 5.91 Å². The maximum absolute atomic E-state index is 12.0. The average Bonchev–Trinajstić information content (AvgIpc) is 2.37. The van der Waals surface area contributed by atoms with Crippen molar-refractivity contribution in [2.45, 2.75) is 19.4 Å². The maximum atomic E-state index is 12.0. The largest absolute Gasteiger partial charge is 0.490 e. The van der Waals surface area contributed by atoms with E-state index in [4.69, 9.17) is 11.2 Å². The molecule has 0 aromatic heterocycles. The van der Waals surface area contributed by atoms with Crippen LogP contribution in [0.2, 0.25) is 0 Å². The van der Waals surface area contributed by atoms with E-state index in [2.05, 4.69) is 11.2 Å². The molecule has 100 valence electrons. The Labute approximate surface area is 110 Å². The number of nitrogens with one attached hydrogen (secondary N) is 1. The van der Waals surface area contributed by atoms with E-state index in [-0.39, 0.29) is 23.0 Å². The van der Waals surface area contributed by atoms with Gasteiger partial charge in [-0.05, 0) is 13.0 Å². The molecular formula is C13H14N2O4. The number of rotatable bonds is 5. The van der Waals surface area contributed by atoms with E-state index in [1.807, 2.05) is 0 Å². The van der Waals surface area contributed by atoms with Crippen LogP contribution in [-0.4, -0.2) is 24.0 Å². The second-order valence-corrected chi connectivity index (χ2v) is 3.90. The lowest BCUT2D eigenvalue weighted by atomic mass is 10.1. The summed E-state index contributed by atoms with van der Waals surface area (Å²) in [5.74, 6) is 1.92. The Morgan fingerprint density at radius 1 is 1.63 bits per heavy atom. The molecule has 0 aliphatic carbocycles. The number of nitro groups is 1. The molecule has 1 N–H and O–H groups in total. The number of ether oxygens (including phenoxy) is 1. The minimum Gasteiger partial charge on any atom is -0.490 e. The molecular weight excluding hydrogens is 248 g/mol. The van der Waals surface area contributed by atoms with Crippen molar-refractivity contribution in [1.82, 2.24) is 5.32 Å². The first-order valence-corrected chi connectivity index (χ1v) is 5.57. The van der Waals surface area contributed by atoms with Crippen LogP contribution >= 0.6 is 0 Å². The van der Waals surface area contributed by atoms with Crippen molar-refractivity contribution in [1.29, 1.82) is 0 Å². The minimum absolute atomic E-state index is 0.0575. The molecule has 0 aliphatic rings. The lowest BCUT2D eigenvalue weighted by molar-refractivity contribution is -0.385. The highest BCUT2D eigenvalue weighted by molar-refractivity contribution is 5.98. The number of hydrogen-bond acceptors (Lipinski definition) is 4. The van der Waals surface area contributed by atoms with Gasteiger partial charge in [-0.3, -0.25) is 14.9 Å². The van der Waals surface area contributed by atoms with E-state index in [1.165, 1.54) is 25.3 Å². The van der Waals surface area contributed by atoms with Crippen LogP contribution in [0.4, 0.5) is 5.69 Å². The van der Waals surface area contributed by atoms with Gasteiger partial charge in [0, 0.05) is 18.5 Å². The number of para-hydroxylation sites is 1. The van der Waals surface area contributed by atoms with Gasteiger partial charge in [-0.2, -0.15) is 0 Å². The molecule has 0 heterocycles. The van der Waals surface area contributed by atoms with Crippen LogP contribution in [0.5, 0.6) is 5.75 Å². The van der Waals surface area contributed by atoms with E-state index in [0.29, 0.717) is 6.42 Å². The van der Waals surface area contributed by atoms with Crippen LogP contribution < -0.4 is 10.1 Å². The number of nitro benzene ring substituents is 1. The summed E-state index contributed by atoms with van der Waals surface area (Å²) in [5.41, 5.74) is -0.139.